The van der Waals surface area contributed by atoms with Crippen molar-refractivity contribution in [3.8, 4) is 5.75 Å². The number of ether oxygens (including phenoxy) is 4. The standard InChI is InChI=1S/C45H71N3O13/c1-41(2,3)25-26-14-15-28(60-40-35(53)33(51)34(52)36(61-40)39(56)57)27(24-26)47-30(50)16-20-46-29(49)17-22-58-45(12,13)19-23-59-44(10,11)18-21-48-37(54)31(42(4,5)6)32(38(48)55)43(7,8)9/h14-15,24,33-36,40,51-53H,16-23,25H2,1-13H3,(H,46,49)(H,47,50)(H,56,57)/t33-,34-,35+,36-,40+/m0/s1. The number of aliphatic hydroxyl groups excluding tert-OH is 3. The molecule has 0 aromatic heterocycles. The first-order valence-electron chi connectivity index (χ1n) is 21.0. The average Bonchev–Trinajstić information content (AvgIpc) is 3.37. The fourth-order valence-electron chi connectivity index (χ4n) is 7.08. The highest BCUT2D eigenvalue weighted by atomic mass is 16.7. The van der Waals surface area contributed by atoms with Gasteiger partial charge >= 0.3 is 5.97 Å². The Morgan fingerprint density at radius 3 is 1.84 bits per heavy atom. The predicted molar refractivity (Wildman–Crippen MR) is 227 cm³/mol. The first-order chi connectivity index (χ1) is 27.8. The van der Waals surface area contributed by atoms with Crippen LogP contribution in [0.1, 0.15) is 121 Å². The molecule has 1 saturated heterocycles. The van der Waals surface area contributed by atoms with Crippen LogP contribution in [0.5, 0.6) is 5.75 Å². The maximum atomic E-state index is 13.4. The number of nitrogens with one attached hydrogen (secondary N) is 2. The van der Waals surface area contributed by atoms with Crippen LogP contribution in [0.15, 0.2) is 29.3 Å². The smallest absolute Gasteiger partial charge is 0.335 e. The molecule has 16 nitrogen and oxygen atoms in total. The van der Waals surface area contributed by atoms with E-state index in [1.807, 2.05) is 90.0 Å². The Labute approximate surface area is 360 Å². The minimum Gasteiger partial charge on any atom is -0.479 e. The number of nitrogens with zero attached hydrogens (tertiary/aromatic N) is 1. The summed E-state index contributed by atoms with van der Waals surface area (Å²) in [6.07, 6.45) is -7.56. The maximum Gasteiger partial charge on any atom is 0.335 e. The van der Waals surface area contributed by atoms with Gasteiger partial charge in [-0.1, -0.05) is 68.4 Å². The zero-order valence-corrected chi connectivity index (χ0v) is 38.4. The zero-order valence-electron chi connectivity index (χ0n) is 38.4. The minimum atomic E-state index is -1.89. The van der Waals surface area contributed by atoms with Crippen molar-refractivity contribution in [1.82, 2.24) is 10.2 Å². The zero-order chi connectivity index (χ0) is 46.5. The lowest BCUT2D eigenvalue weighted by atomic mass is 9.76. The van der Waals surface area contributed by atoms with Crippen molar-refractivity contribution in [2.24, 2.45) is 16.2 Å². The molecule has 1 aromatic carbocycles. The maximum absolute atomic E-state index is 13.4. The first-order valence-corrected chi connectivity index (χ1v) is 21.0. The number of imide groups is 1. The van der Waals surface area contributed by atoms with Crippen molar-refractivity contribution in [3.05, 3.63) is 34.9 Å². The van der Waals surface area contributed by atoms with Crippen LogP contribution in [-0.2, 0) is 44.6 Å². The quantitative estimate of drug-likeness (QED) is 0.105. The molecule has 6 N–H and O–H groups in total. The monoisotopic (exact) mass is 861 g/mol. The van der Waals surface area contributed by atoms with Crippen LogP contribution in [0.3, 0.4) is 0 Å². The summed E-state index contributed by atoms with van der Waals surface area (Å²) >= 11 is 0. The lowest BCUT2D eigenvalue weighted by Crippen LogP contribution is -2.61. The summed E-state index contributed by atoms with van der Waals surface area (Å²) in [4.78, 5) is 65.6. The molecule has 2 aliphatic rings. The van der Waals surface area contributed by atoms with Crippen molar-refractivity contribution in [1.29, 1.82) is 0 Å². The van der Waals surface area contributed by atoms with Crippen LogP contribution in [0, 0.1) is 16.2 Å². The molecule has 2 heterocycles. The van der Waals surface area contributed by atoms with Crippen molar-refractivity contribution in [2.75, 3.05) is 31.6 Å². The molecule has 344 valence electrons. The van der Waals surface area contributed by atoms with E-state index in [0.717, 1.165) is 5.56 Å². The fourth-order valence-corrected chi connectivity index (χ4v) is 7.08. The summed E-state index contributed by atoms with van der Waals surface area (Å²) in [7, 11) is 0. The van der Waals surface area contributed by atoms with Gasteiger partial charge in [-0.25, -0.2) is 4.79 Å². The van der Waals surface area contributed by atoms with Crippen molar-refractivity contribution < 1.29 is 63.3 Å². The van der Waals surface area contributed by atoms with E-state index in [1.54, 1.807) is 12.1 Å². The largest absolute Gasteiger partial charge is 0.479 e. The number of carbonyl (C=O) groups excluding carboxylic acids is 4. The number of hydrogen-bond donors (Lipinski definition) is 6. The second-order valence-corrected chi connectivity index (χ2v) is 20.5. The third-order valence-electron chi connectivity index (χ3n) is 10.4. The molecule has 0 aliphatic carbocycles. The first kappa shape index (κ1) is 51.4. The third kappa shape index (κ3) is 14.8. The van der Waals surface area contributed by atoms with E-state index in [9.17, 15) is 44.4 Å². The molecule has 16 heteroatoms. The number of aliphatic carboxylic acids is 1. The number of carboxylic acids is 1. The van der Waals surface area contributed by atoms with E-state index in [1.165, 1.54) is 11.0 Å². The predicted octanol–water partition coefficient (Wildman–Crippen LogP) is 4.51. The highest BCUT2D eigenvalue weighted by molar-refractivity contribution is 6.20. The van der Waals surface area contributed by atoms with Gasteiger partial charge in [-0.15, -0.1) is 0 Å². The highest BCUT2D eigenvalue weighted by Gasteiger charge is 2.49. The normalized spacial score (nSPS) is 21.8. The van der Waals surface area contributed by atoms with Gasteiger partial charge in [0, 0.05) is 37.1 Å². The molecule has 1 fully saturated rings. The molecule has 3 rings (SSSR count). The Morgan fingerprint density at radius 2 is 1.30 bits per heavy atom. The number of carboxylic acid groups (broad SMARTS) is 1. The van der Waals surface area contributed by atoms with Gasteiger partial charge in [0.2, 0.25) is 18.1 Å². The van der Waals surface area contributed by atoms with Crippen LogP contribution in [0.4, 0.5) is 5.69 Å². The van der Waals surface area contributed by atoms with E-state index in [4.69, 9.17) is 18.9 Å². The molecule has 0 saturated carbocycles. The number of benzene rings is 1. The number of anilines is 1. The second kappa shape index (κ2) is 20.1. The van der Waals surface area contributed by atoms with Gasteiger partial charge in [-0.05, 0) is 80.9 Å². The summed E-state index contributed by atoms with van der Waals surface area (Å²) in [6, 6.07) is 4.95. The number of aliphatic hydroxyl groups is 3. The van der Waals surface area contributed by atoms with E-state index in [0.29, 0.717) is 37.0 Å². The summed E-state index contributed by atoms with van der Waals surface area (Å²) in [5.41, 5.74) is -0.142. The SMILES string of the molecule is CC(C)(C)Cc1ccc(O[C@@H]2O[C@H](C(=O)O)[C@@H](O)[C@H](O)[C@H]2O)c(NC(=O)CCNC(=O)CCOC(C)(C)CCOC(C)(C)CCN2C(=O)C(C(C)(C)C)=C(C(C)(C)C)C2=O)c1. The molecule has 0 bridgehead atoms. The van der Waals surface area contributed by atoms with Crippen LogP contribution >= 0.6 is 0 Å². The summed E-state index contributed by atoms with van der Waals surface area (Å²) in [6.45, 7) is 26.2. The van der Waals surface area contributed by atoms with Crippen molar-refractivity contribution in [3.63, 3.8) is 0 Å². The Bertz CT molecular complexity index is 1750. The van der Waals surface area contributed by atoms with Gasteiger partial charge in [0.05, 0.1) is 30.1 Å². The van der Waals surface area contributed by atoms with Crippen molar-refractivity contribution in [2.45, 2.75) is 164 Å². The minimum absolute atomic E-state index is 0.0173. The van der Waals surface area contributed by atoms with Gasteiger partial charge in [-0.2, -0.15) is 0 Å². The van der Waals surface area contributed by atoms with Crippen molar-refractivity contribution >= 4 is 35.3 Å². The second-order valence-electron chi connectivity index (χ2n) is 20.5. The van der Waals surface area contributed by atoms with Gasteiger partial charge in [-0.3, -0.25) is 24.1 Å². The van der Waals surface area contributed by atoms with Crippen LogP contribution in [0.2, 0.25) is 0 Å². The van der Waals surface area contributed by atoms with E-state index in [2.05, 4.69) is 10.6 Å². The lowest BCUT2D eigenvalue weighted by molar-refractivity contribution is -0.271. The number of amides is 4. The molecule has 5 atom stereocenters. The van der Waals surface area contributed by atoms with Crippen LogP contribution < -0.4 is 15.4 Å². The Hall–Kier alpha value is -3.93. The topological polar surface area (TPSA) is 230 Å². The lowest BCUT2D eigenvalue weighted by Gasteiger charge is -2.38. The van der Waals surface area contributed by atoms with Crippen LogP contribution in [-0.4, -0.2) is 123 Å². The third-order valence-corrected chi connectivity index (χ3v) is 10.4. The van der Waals surface area contributed by atoms with Gasteiger partial charge in [0.1, 0.15) is 24.1 Å². The number of rotatable bonds is 19. The summed E-state index contributed by atoms with van der Waals surface area (Å²) in [5.74, 6) is -2.80. The Morgan fingerprint density at radius 1 is 0.738 bits per heavy atom. The van der Waals surface area contributed by atoms with Gasteiger partial charge in [0.25, 0.3) is 11.8 Å². The molecule has 0 spiro atoms. The average molecular weight is 862 g/mol. The molecule has 0 unspecified atom stereocenters. The molecule has 61 heavy (non-hydrogen) atoms. The molecule has 4 amide bonds. The highest BCUT2D eigenvalue weighted by Crippen LogP contribution is 2.43. The Kier molecular flexibility index (Phi) is 16.9. The number of carbonyl (C=O) groups is 5. The van der Waals surface area contributed by atoms with Gasteiger partial charge < -0.3 is 50.0 Å². The van der Waals surface area contributed by atoms with E-state index in [-0.39, 0.29) is 67.1 Å². The number of hydrogen-bond acceptors (Lipinski definition) is 12. The molecular weight excluding hydrogens is 791 g/mol. The van der Waals surface area contributed by atoms with E-state index >= 15 is 0 Å². The summed E-state index contributed by atoms with van der Waals surface area (Å²) in [5, 5.41) is 45.7. The fraction of sp³-hybridized carbons (Fsp3) is 0.711. The van der Waals surface area contributed by atoms with Gasteiger partial charge in [0.15, 0.2) is 6.10 Å². The Balaban J connectivity index is 1.46. The molecule has 2 aliphatic heterocycles. The molecular formula is C45H71N3O13. The summed E-state index contributed by atoms with van der Waals surface area (Å²) < 4.78 is 23.2. The van der Waals surface area contributed by atoms with E-state index < -0.39 is 64.6 Å². The molecule has 1 aromatic rings. The molecule has 0 radical (unpaired) electrons. The van der Waals surface area contributed by atoms with Crippen LogP contribution in [0.25, 0.3) is 0 Å².